The Morgan fingerprint density at radius 2 is 2.11 bits per heavy atom. The summed E-state index contributed by atoms with van der Waals surface area (Å²) in [6, 6.07) is 15.8. The molecule has 0 aromatic heterocycles. The van der Waals surface area contributed by atoms with Crippen LogP contribution in [-0.2, 0) is 11.3 Å². The van der Waals surface area contributed by atoms with E-state index in [0.717, 1.165) is 24.9 Å². The number of rotatable bonds is 7. The van der Waals surface area contributed by atoms with Gasteiger partial charge in [-0.15, -0.1) is 0 Å². The van der Waals surface area contributed by atoms with E-state index in [0.29, 0.717) is 29.9 Å². The first kappa shape index (κ1) is 19.7. The van der Waals surface area contributed by atoms with Crippen molar-refractivity contribution >= 4 is 17.5 Å². The van der Waals surface area contributed by atoms with Gasteiger partial charge < -0.3 is 15.0 Å². The Morgan fingerprint density at radius 1 is 1.30 bits per heavy atom. The number of ether oxygens (including phenoxy) is 1. The van der Waals surface area contributed by atoms with Gasteiger partial charge in [-0.3, -0.25) is 4.79 Å². The third-order valence-electron chi connectivity index (χ3n) is 4.83. The molecule has 1 amide bonds. The van der Waals surface area contributed by atoms with Gasteiger partial charge in [0, 0.05) is 24.2 Å². The Hall–Kier alpha value is -2.04. The van der Waals surface area contributed by atoms with Crippen molar-refractivity contribution in [3.05, 3.63) is 64.7 Å². The Morgan fingerprint density at radius 3 is 2.81 bits per heavy atom. The van der Waals surface area contributed by atoms with E-state index in [2.05, 4.69) is 30.4 Å². The van der Waals surface area contributed by atoms with E-state index in [1.54, 1.807) is 19.1 Å². The third kappa shape index (κ3) is 5.72. The minimum atomic E-state index is -0.574. The molecule has 1 aliphatic rings. The van der Waals surface area contributed by atoms with E-state index in [1.807, 2.05) is 23.1 Å². The van der Waals surface area contributed by atoms with Crippen molar-refractivity contribution in [3.8, 4) is 5.75 Å². The van der Waals surface area contributed by atoms with Gasteiger partial charge >= 0.3 is 0 Å². The molecule has 2 atom stereocenters. The smallest absolute Gasteiger partial charge is 0.263 e. The average Bonchev–Trinajstić information content (AvgIpc) is 3.14. The monoisotopic (exact) mass is 386 g/mol. The van der Waals surface area contributed by atoms with Crippen LogP contribution >= 0.6 is 11.6 Å². The molecule has 0 bridgehead atoms. The van der Waals surface area contributed by atoms with E-state index in [9.17, 15) is 4.79 Å². The lowest BCUT2D eigenvalue weighted by atomic mass is 10.1. The van der Waals surface area contributed by atoms with Crippen LogP contribution in [-0.4, -0.2) is 36.0 Å². The lowest BCUT2D eigenvalue weighted by Crippen LogP contribution is -2.45. The number of hydrogen-bond donors (Lipinski definition) is 1. The molecule has 2 aromatic carbocycles. The van der Waals surface area contributed by atoms with Crippen LogP contribution in [0.5, 0.6) is 5.75 Å². The second-order valence-corrected chi connectivity index (χ2v) is 7.65. The highest BCUT2D eigenvalue weighted by molar-refractivity contribution is 6.30. The Balaban J connectivity index is 1.72. The van der Waals surface area contributed by atoms with Crippen molar-refractivity contribution in [2.24, 2.45) is 0 Å². The number of amides is 1. The van der Waals surface area contributed by atoms with E-state index < -0.39 is 6.10 Å². The summed E-state index contributed by atoms with van der Waals surface area (Å²) in [6.45, 7) is 6.16. The molecule has 2 aromatic rings. The Bertz CT molecular complexity index is 774. The molecule has 1 unspecified atom stereocenters. The second kappa shape index (κ2) is 9.25. The minimum Gasteiger partial charge on any atom is -0.481 e. The van der Waals surface area contributed by atoms with Gasteiger partial charge in [0.25, 0.3) is 5.91 Å². The van der Waals surface area contributed by atoms with Gasteiger partial charge in [-0.25, -0.2) is 0 Å². The Labute approximate surface area is 166 Å². The van der Waals surface area contributed by atoms with E-state index >= 15 is 0 Å². The number of hydrogen-bond acceptors (Lipinski definition) is 3. The molecule has 1 heterocycles. The number of halogens is 1. The predicted molar refractivity (Wildman–Crippen MR) is 109 cm³/mol. The molecule has 0 radical (unpaired) electrons. The summed E-state index contributed by atoms with van der Waals surface area (Å²) in [5.74, 6) is 0.600. The van der Waals surface area contributed by atoms with Crippen molar-refractivity contribution in [1.82, 2.24) is 10.2 Å². The van der Waals surface area contributed by atoms with Crippen LogP contribution in [0.15, 0.2) is 48.5 Å². The summed E-state index contributed by atoms with van der Waals surface area (Å²) in [5, 5.41) is 4.08. The largest absolute Gasteiger partial charge is 0.481 e. The van der Waals surface area contributed by atoms with Crippen LogP contribution in [0.1, 0.15) is 30.9 Å². The molecule has 1 saturated heterocycles. The molecule has 1 N–H and O–H groups in total. The fraction of sp³-hybridized carbons (Fsp3) is 0.409. The molecule has 0 spiro atoms. The van der Waals surface area contributed by atoms with Crippen LogP contribution in [0.2, 0.25) is 5.02 Å². The van der Waals surface area contributed by atoms with Crippen LogP contribution < -0.4 is 10.1 Å². The zero-order chi connectivity index (χ0) is 19.2. The maximum absolute atomic E-state index is 13.1. The number of carbonyl (C=O) groups is 1. The van der Waals surface area contributed by atoms with Crippen LogP contribution in [0.25, 0.3) is 0 Å². The molecular weight excluding hydrogens is 360 g/mol. The molecule has 1 aliphatic heterocycles. The van der Waals surface area contributed by atoms with Crippen LogP contribution in [0.4, 0.5) is 0 Å². The molecule has 4 nitrogen and oxygen atoms in total. The summed E-state index contributed by atoms with van der Waals surface area (Å²) in [4.78, 5) is 15.1. The lowest BCUT2D eigenvalue weighted by Gasteiger charge is -2.29. The number of nitrogens with zero attached hydrogens (tertiary/aromatic N) is 1. The van der Waals surface area contributed by atoms with Crippen molar-refractivity contribution in [3.63, 3.8) is 0 Å². The minimum absolute atomic E-state index is 0.00909. The summed E-state index contributed by atoms with van der Waals surface area (Å²) >= 11 is 6.02. The SMILES string of the molecule is Cc1cccc(CN(C[C@H]2CCCN2)C(=O)C(C)Oc2cccc(Cl)c2)c1. The van der Waals surface area contributed by atoms with Gasteiger partial charge in [0.1, 0.15) is 5.75 Å². The zero-order valence-electron chi connectivity index (χ0n) is 16.0. The summed E-state index contributed by atoms with van der Waals surface area (Å²) in [5.41, 5.74) is 2.33. The van der Waals surface area contributed by atoms with E-state index in [4.69, 9.17) is 16.3 Å². The maximum atomic E-state index is 13.1. The first-order valence-corrected chi connectivity index (χ1v) is 9.89. The third-order valence-corrected chi connectivity index (χ3v) is 5.06. The molecule has 3 rings (SSSR count). The van der Waals surface area contributed by atoms with Crippen molar-refractivity contribution < 1.29 is 9.53 Å². The number of aryl methyl sites for hydroxylation is 1. The summed E-state index contributed by atoms with van der Waals surface area (Å²) < 4.78 is 5.87. The first-order valence-electron chi connectivity index (χ1n) is 9.51. The van der Waals surface area contributed by atoms with Gasteiger partial charge in [-0.05, 0) is 57.0 Å². The molecule has 27 heavy (non-hydrogen) atoms. The topological polar surface area (TPSA) is 41.6 Å². The zero-order valence-corrected chi connectivity index (χ0v) is 16.7. The van der Waals surface area contributed by atoms with Gasteiger partial charge in [-0.2, -0.15) is 0 Å². The Kier molecular flexibility index (Phi) is 6.75. The predicted octanol–water partition coefficient (Wildman–Crippen LogP) is 4.20. The molecule has 0 aliphatic carbocycles. The summed E-state index contributed by atoms with van der Waals surface area (Å²) in [6.07, 6.45) is 1.68. The van der Waals surface area contributed by atoms with E-state index in [1.165, 1.54) is 5.56 Å². The first-order chi connectivity index (χ1) is 13.0. The average molecular weight is 387 g/mol. The molecular formula is C22H27ClN2O2. The van der Waals surface area contributed by atoms with Gasteiger partial charge in [0.15, 0.2) is 6.10 Å². The highest BCUT2D eigenvalue weighted by Crippen LogP contribution is 2.20. The standard InChI is InChI=1S/C22H27ClN2O2/c1-16-6-3-7-18(12-16)14-25(15-20-9-5-11-24-20)22(26)17(2)27-21-10-4-8-19(23)13-21/h3-4,6-8,10,12-13,17,20,24H,5,9,11,14-15H2,1-2H3/t17?,20-/m1/s1. The lowest BCUT2D eigenvalue weighted by molar-refractivity contribution is -0.139. The highest BCUT2D eigenvalue weighted by Gasteiger charge is 2.26. The van der Waals surface area contributed by atoms with Crippen molar-refractivity contribution in [2.75, 3.05) is 13.1 Å². The second-order valence-electron chi connectivity index (χ2n) is 7.22. The molecule has 144 valence electrons. The fourth-order valence-electron chi connectivity index (χ4n) is 3.49. The normalized spacial score (nSPS) is 17.5. The maximum Gasteiger partial charge on any atom is 0.263 e. The molecule has 1 fully saturated rings. The number of carbonyl (C=O) groups excluding carboxylic acids is 1. The van der Waals surface area contributed by atoms with Gasteiger partial charge in [0.05, 0.1) is 0 Å². The van der Waals surface area contributed by atoms with Crippen LogP contribution in [0.3, 0.4) is 0 Å². The summed E-state index contributed by atoms with van der Waals surface area (Å²) in [7, 11) is 0. The van der Waals surface area contributed by atoms with Crippen molar-refractivity contribution in [1.29, 1.82) is 0 Å². The van der Waals surface area contributed by atoms with Gasteiger partial charge in [-0.1, -0.05) is 47.5 Å². The van der Waals surface area contributed by atoms with E-state index in [-0.39, 0.29) is 5.91 Å². The fourth-order valence-corrected chi connectivity index (χ4v) is 3.67. The van der Waals surface area contributed by atoms with Crippen molar-refractivity contribution in [2.45, 2.75) is 45.4 Å². The quantitative estimate of drug-likeness (QED) is 0.775. The number of nitrogens with one attached hydrogen (secondary N) is 1. The molecule has 5 heteroatoms. The van der Waals surface area contributed by atoms with Crippen LogP contribution in [0, 0.1) is 6.92 Å². The molecule has 0 saturated carbocycles. The highest BCUT2D eigenvalue weighted by atomic mass is 35.5. The number of benzene rings is 2. The van der Waals surface area contributed by atoms with Gasteiger partial charge in [0.2, 0.25) is 0 Å².